The van der Waals surface area contributed by atoms with Crippen LogP contribution in [0.5, 0.6) is 0 Å². The molecule has 90 valence electrons. The average Bonchev–Trinajstić information content (AvgIpc) is 2.89. The van der Waals surface area contributed by atoms with Crippen molar-refractivity contribution in [3.05, 3.63) is 55.0 Å². The van der Waals surface area contributed by atoms with Crippen LogP contribution in [0.4, 0.5) is 0 Å². The molecule has 0 fully saturated rings. The minimum Gasteiger partial charge on any atom is -0.266 e. The Morgan fingerprint density at radius 3 is 2.83 bits per heavy atom. The van der Waals surface area contributed by atoms with E-state index in [0.29, 0.717) is 19.5 Å². The monoisotopic (exact) mass is 297 g/mol. The van der Waals surface area contributed by atoms with E-state index < -0.39 is 0 Å². The van der Waals surface area contributed by atoms with Crippen molar-refractivity contribution in [1.29, 1.82) is 0 Å². The van der Waals surface area contributed by atoms with E-state index in [-0.39, 0.29) is 5.56 Å². The molecule has 4 nitrogen and oxygen atoms in total. The number of aromatic nitrogens is 3. The smallest absolute Gasteiger partial charge is 0.266 e. The van der Waals surface area contributed by atoms with Crippen LogP contribution in [0, 0.1) is 0 Å². The number of hydrogen-bond donors (Lipinski definition) is 0. The van der Waals surface area contributed by atoms with Gasteiger partial charge in [0.2, 0.25) is 4.96 Å². The first-order valence-corrected chi connectivity index (χ1v) is 6.52. The zero-order chi connectivity index (χ0) is 12.7. The minimum atomic E-state index is -0.182. The number of thiazole rings is 1. The highest BCUT2D eigenvalue weighted by Crippen LogP contribution is 2.22. The maximum absolute atomic E-state index is 11.9. The third-order valence-electron chi connectivity index (χ3n) is 2.36. The van der Waals surface area contributed by atoms with Gasteiger partial charge in [-0.3, -0.25) is 4.79 Å². The van der Waals surface area contributed by atoms with E-state index >= 15 is 0 Å². The van der Waals surface area contributed by atoms with Gasteiger partial charge in [-0.05, 0) is 23.8 Å². The molecule has 2 heterocycles. The van der Waals surface area contributed by atoms with E-state index in [2.05, 4.69) is 10.1 Å². The van der Waals surface area contributed by atoms with Crippen LogP contribution in [0.1, 0.15) is 5.56 Å². The van der Waals surface area contributed by atoms with E-state index in [1.165, 1.54) is 22.2 Å². The zero-order valence-electron chi connectivity index (χ0n) is 8.80. The SMILES string of the molecule is O=c1c(=Cc2ccc(Cl)c(Cl)c2)sc2ncnn12. The Morgan fingerprint density at radius 1 is 1.28 bits per heavy atom. The lowest BCUT2D eigenvalue weighted by Gasteiger charge is -1.96. The normalized spacial score (nSPS) is 12.4. The summed E-state index contributed by atoms with van der Waals surface area (Å²) in [5.41, 5.74) is 0.629. The first-order chi connectivity index (χ1) is 8.65. The number of nitrogens with zero attached hydrogens (tertiary/aromatic N) is 3. The lowest BCUT2D eigenvalue weighted by atomic mass is 10.2. The summed E-state index contributed by atoms with van der Waals surface area (Å²) in [5, 5.41) is 4.79. The van der Waals surface area contributed by atoms with Crippen molar-refractivity contribution in [3.8, 4) is 0 Å². The first-order valence-electron chi connectivity index (χ1n) is 4.94. The van der Waals surface area contributed by atoms with Gasteiger partial charge >= 0.3 is 0 Å². The number of hydrogen-bond acceptors (Lipinski definition) is 4. The van der Waals surface area contributed by atoms with Gasteiger partial charge in [0.15, 0.2) is 0 Å². The van der Waals surface area contributed by atoms with Crippen molar-refractivity contribution in [3.63, 3.8) is 0 Å². The van der Waals surface area contributed by atoms with Gasteiger partial charge in [-0.15, -0.1) is 0 Å². The second kappa shape index (κ2) is 4.35. The molecule has 0 saturated heterocycles. The van der Waals surface area contributed by atoms with Gasteiger partial charge < -0.3 is 0 Å². The Labute approximate surface area is 115 Å². The molecule has 7 heteroatoms. The largest absolute Gasteiger partial charge is 0.291 e. The minimum absolute atomic E-state index is 0.182. The predicted octanol–water partition coefficient (Wildman–Crippen LogP) is 2.01. The summed E-state index contributed by atoms with van der Waals surface area (Å²) in [6, 6.07) is 5.19. The molecule has 0 amide bonds. The highest BCUT2D eigenvalue weighted by molar-refractivity contribution is 7.15. The number of benzene rings is 1. The molecule has 0 radical (unpaired) electrons. The lowest BCUT2D eigenvalue weighted by molar-refractivity contribution is 0.932. The maximum atomic E-state index is 11.9. The predicted molar refractivity (Wildman–Crippen MR) is 72.4 cm³/mol. The molecule has 0 aliphatic carbocycles. The fraction of sp³-hybridized carbons (Fsp3) is 0. The van der Waals surface area contributed by atoms with Crippen LogP contribution in [0.15, 0.2) is 29.3 Å². The molecule has 0 N–H and O–H groups in total. The zero-order valence-corrected chi connectivity index (χ0v) is 11.1. The second-order valence-electron chi connectivity index (χ2n) is 3.54. The molecule has 3 aromatic rings. The third-order valence-corrected chi connectivity index (χ3v) is 4.07. The van der Waals surface area contributed by atoms with Gasteiger partial charge in [0.05, 0.1) is 14.6 Å². The van der Waals surface area contributed by atoms with Crippen LogP contribution >= 0.6 is 34.5 Å². The first kappa shape index (κ1) is 11.6. The third kappa shape index (κ3) is 1.90. The Balaban J connectivity index is 2.21. The van der Waals surface area contributed by atoms with Gasteiger partial charge in [0.1, 0.15) is 6.33 Å². The standard InChI is InChI=1S/C11H5Cl2N3OS/c12-7-2-1-6(3-8(7)13)4-9-10(17)16-11(18-9)14-5-15-16/h1-5H. The number of rotatable bonds is 1. The van der Waals surface area contributed by atoms with Crippen LogP contribution in [-0.4, -0.2) is 14.6 Å². The van der Waals surface area contributed by atoms with Gasteiger partial charge in [-0.1, -0.05) is 40.6 Å². The van der Waals surface area contributed by atoms with Gasteiger partial charge in [0, 0.05) is 0 Å². The Hall–Kier alpha value is -1.43. The van der Waals surface area contributed by atoms with Gasteiger partial charge in [-0.2, -0.15) is 9.61 Å². The fourth-order valence-corrected chi connectivity index (χ4v) is 2.72. The maximum Gasteiger partial charge on any atom is 0.291 e. The van der Waals surface area contributed by atoms with Crippen LogP contribution in [0.2, 0.25) is 10.0 Å². The molecule has 0 saturated carbocycles. The van der Waals surface area contributed by atoms with Crippen molar-refractivity contribution in [2.24, 2.45) is 0 Å². The molecule has 0 atom stereocenters. The van der Waals surface area contributed by atoms with Crippen molar-refractivity contribution >= 4 is 45.6 Å². The van der Waals surface area contributed by atoms with E-state index in [1.54, 1.807) is 24.3 Å². The quantitative estimate of drug-likeness (QED) is 0.690. The molecule has 18 heavy (non-hydrogen) atoms. The molecule has 2 aromatic heterocycles. The van der Waals surface area contributed by atoms with E-state index in [0.717, 1.165) is 5.56 Å². The number of halogens is 2. The second-order valence-corrected chi connectivity index (χ2v) is 5.37. The molecule has 0 aliphatic heterocycles. The van der Waals surface area contributed by atoms with Crippen LogP contribution in [-0.2, 0) is 0 Å². The van der Waals surface area contributed by atoms with E-state index in [9.17, 15) is 4.79 Å². The molecule has 0 spiro atoms. The van der Waals surface area contributed by atoms with Crippen molar-refractivity contribution in [1.82, 2.24) is 14.6 Å². The van der Waals surface area contributed by atoms with E-state index in [1.807, 2.05) is 0 Å². The fourth-order valence-electron chi connectivity index (χ4n) is 1.53. The summed E-state index contributed by atoms with van der Waals surface area (Å²) in [7, 11) is 0. The van der Waals surface area contributed by atoms with Crippen molar-refractivity contribution < 1.29 is 0 Å². The average molecular weight is 298 g/mol. The highest BCUT2D eigenvalue weighted by atomic mass is 35.5. The van der Waals surface area contributed by atoms with Crippen LogP contribution in [0.25, 0.3) is 11.0 Å². The Bertz CT molecular complexity index is 840. The van der Waals surface area contributed by atoms with Crippen LogP contribution < -0.4 is 10.1 Å². The molecule has 0 bridgehead atoms. The van der Waals surface area contributed by atoms with E-state index in [4.69, 9.17) is 23.2 Å². The molecule has 0 aliphatic rings. The summed E-state index contributed by atoms with van der Waals surface area (Å²) in [4.78, 5) is 16.5. The van der Waals surface area contributed by atoms with Gasteiger partial charge in [-0.25, -0.2) is 4.98 Å². The highest BCUT2D eigenvalue weighted by Gasteiger charge is 2.05. The van der Waals surface area contributed by atoms with Crippen molar-refractivity contribution in [2.45, 2.75) is 0 Å². The molecular formula is C11H5Cl2N3OS. The molecule has 1 aromatic carbocycles. The topological polar surface area (TPSA) is 47.3 Å². The summed E-state index contributed by atoms with van der Waals surface area (Å²) < 4.78 is 1.83. The summed E-state index contributed by atoms with van der Waals surface area (Å²) in [5.74, 6) is 0. The van der Waals surface area contributed by atoms with Crippen molar-refractivity contribution in [2.75, 3.05) is 0 Å². The molecule has 0 unspecified atom stereocenters. The van der Waals surface area contributed by atoms with Gasteiger partial charge in [0.25, 0.3) is 5.56 Å². The summed E-state index contributed by atoms with van der Waals surface area (Å²) in [6.07, 6.45) is 3.10. The van der Waals surface area contributed by atoms with Crippen LogP contribution in [0.3, 0.4) is 0 Å². The summed E-state index contributed by atoms with van der Waals surface area (Å²) >= 11 is 13.0. The lowest BCUT2D eigenvalue weighted by Crippen LogP contribution is -2.23. The Kier molecular flexibility index (Phi) is 2.81. The molecule has 3 rings (SSSR count). The molecular weight excluding hydrogens is 293 g/mol. The summed E-state index contributed by atoms with van der Waals surface area (Å²) in [6.45, 7) is 0. The Morgan fingerprint density at radius 2 is 2.11 bits per heavy atom. The number of fused-ring (bicyclic) bond motifs is 1.